The highest BCUT2D eigenvalue weighted by Crippen LogP contribution is 2.23. The van der Waals surface area contributed by atoms with Crippen molar-refractivity contribution < 1.29 is 23.1 Å². The number of hydrogen-bond acceptors (Lipinski definition) is 6. The van der Waals surface area contributed by atoms with Crippen LogP contribution < -0.4 is 4.90 Å². The van der Waals surface area contributed by atoms with E-state index in [1.807, 2.05) is 0 Å². The molecule has 0 aliphatic carbocycles. The number of thiophene rings is 1. The molecule has 154 valence electrons. The predicted molar refractivity (Wildman–Crippen MR) is 102 cm³/mol. The first kappa shape index (κ1) is 22.1. The van der Waals surface area contributed by atoms with Gasteiger partial charge in [0.1, 0.15) is 12.1 Å². The maximum Gasteiger partial charge on any atom is 0.490 e. The largest absolute Gasteiger partial charge is 0.490 e. The molecule has 2 aromatic heterocycles. The van der Waals surface area contributed by atoms with E-state index in [0.29, 0.717) is 0 Å². The Morgan fingerprint density at radius 1 is 1.32 bits per heavy atom. The van der Waals surface area contributed by atoms with Crippen molar-refractivity contribution in [3.8, 4) is 0 Å². The topological polar surface area (TPSA) is 69.6 Å². The Balaban J connectivity index is 0.000000345. The van der Waals surface area contributed by atoms with Gasteiger partial charge in [0, 0.05) is 45.2 Å². The van der Waals surface area contributed by atoms with Gasteiger partial charge in [-0.25, -0.2) is 14.8 Å². The van der Waals surface area contributed by atoms with Crippen LogP contribution in [0.3, 0.4) is 0 Å². The molecule has 28 heavy (non-hydrogen) atoms. The number of carboxylic acid groups (broad SMARTS) is 1. The molecule has 0 amide bonds. The van der Waals surface area contributed by atoms with Crippen LogP contribution in [-0.2, 0) is 24.2 Å². The van der Waals surface area contributed by atoms with Crippen LogP contribution in [0.2, 0.25) is 0 Å². The summed E-state index contributed by atoms with van der Waals surface area (Å²) in [4.78, 5) is 22.7. The second kappa shape index (κ2) is 9.83. The Bertz CT molecular complexity index is 769. The zero-order valence-corrected chi connectivity index (χ0v) is 16.6. The molecule has 1 aliphatic heterocycles. The van der Waals surface area contributed by atoms with Gasteiger partial charge in [-0.2, -0.15) is 24.5 Å². The Hall–Kier alpha value is -2.20. The van der Waals surface area contributed by atoms with Crippen LogP contribution in [0.1, 0.15) is 23.7 Å². The minimum Gasteiger partial charge on any atom is -0.475 e. The number of anilines is 1. The summed E-state index contributed by atoms with van der Waals surface area (Å²) in [7, 11) is 2.11. The van der Waals surface area contributed by atoms with Crippen molar-refractivity contribution in [2.75, 3.05) is 31.6 Å². The van der Waals surface area contributed by atoms with E-state index >= 15 is 0 Å². The summed E-state index contributed by atoms with van der Waals surface area (Å²) in [5.74, 6) is -1.65. The third-order valence-corrected chi connectivity index (χ3v) is 5.15. The number of carboxylic acids is 1. The third kappa shape index (κ3) is 6.16. The molecule has 3 heterocycles. The smallest absolute Gasteiger partial charge is 0.475 e. The molecule has 0 atom stereocenters. The van der Waals surface area contributed by atoms with Crippen molar-refractivity contribution in [2.24, 2.45) is 0 Å². The summed E-state index contributed by atoms with van der Waals surface area (Å²) < 4.78 is 31.7. The fraction of sp³-hybridized carbons (Fsp3) is 0.500. The van der Waals surface area contributed by atoms with Crippen LogP contribution >= 0.6 is 11.3 Å². The van der Waals surface area contributed by atoms with Gasteiger partial charge in [0.25, 0.3) is 0 Å². The van der Waals surface area contributed by atoms with E-state index in [4.69, 9.17) is 9.90 Å². The fourth-order valence-corrected chi connectivity index (χ4v) is 3.49. The maximum atomic E-state index is 10.6. The van der Waals surface area contributed by atoms with Gasteiger partial charge < -0.3 is 10.0 Å². The van der Waals surface area contributed by atoms with Crippen molar-refractivity contribution >= 4 is 23.1 Å². The average Bonchev–Trinajstić information content (AvgIpc) is 3.07. The highest BCUT2D eigenvalue weighted by molar-refractivity contribution is 7.07. The van der Waals surface area contributed by atoms with E-state index in [9.17, 15) is 13.2 Å². The van der Waals surface area contributed by atoms with E-state index < -0.39 is 12.1 Å². The van der Waals surface area contributed by atoms with Crippen LogP contribution in [0.5, 0.6) is 0 Å². The number of halogens is 3. The van der Waals surface area contributed by atoms with Gasteiger partial charge in [0.15, 0.2) is 0 Å². The number of alkyl halides is 3. The standard InChI is InChI=1S/C16H22N4S.C2HF3O2/c1-3-19(2)16-14-4-7-20(10-13-6-9-21-11-13)8-5-15(14)17-12-18-16;3-2(4,5)1(6)7/h6,9,11-12H,3-5,7-8,10H2,1-2H3;(H,6,7). The van der Waals surface area contributed by atoms with Crippen LogP contribution in [0.4, 0.5) is 19.0 Å². The van der Waals surface area contributed by atoms with Crippen molar-refractivity contribution in [2.45, 2.75) is 32.5 Å². The van der Waals surface area contributed by atoms with Crippen molar-refractivity contribution in [1.82, 2.24) is 14.9 Å². The molecule has 0 unspecified atom stereocenters. The lowest BCUT2D eigenvalue weighted by atomic mass is 10.1. The molecule has 0 bridgehead atoms. The molecule has 0 saturated carbocycles. The predicted octanol–water partition coefficient (Wildman–Crippen LogP) is 3.23. The average molecular weight is 416 g/mol. The first-order valence-corrected chi connectivity index (χ1v) is 9.74. The minimum atomic E-state index is -5.08. The molecule has 6 nitrogen and oxygen atoms in total. The van der Waals surface area contributed by atoms with Crippen molar-refractivity contribution in [1.29, 1.82) is 0 Å². The van der Waals surface area contributed by atoms with Gasteiger partial charge in [-0.3, -0.25) is 4.90 Å². The Morgan fingerprint density at radius 2 is 2.00 bits per heavy atom. The summed E-state index contributed by atoms with van der Waals surface area (Å²) in [6, 6.07) is 2.22. The van der Waals surface area contributed by atoms with E-state index in [-0.39, 0.29) is 0 Å². The summed E-state index contributed by atoms with van der Waals surface area (Å²) in [5.41, 5.74) is 3.99. The highest BCUT2D eigenvalue weighted by Gasteiger charge is 2.38. The Morgan fingerprint density at radius 3 is 2.57 bits per heavy atom. The zero-order valence-electron chi connectivity index (χ0n) is 15.7. The number of carbonyl (C=O) groups is 1. The summed E-state index contributed by atoms with van der Waals surface area (Å²) >= 11 is 1.77. The Kier molecular flexibility index (Phi) is 7.76. The molecule has 2 aromatic rings. The lowest BCUT2D eigenvalue weighted by Crippen LogP contribution is -2.25. The zero-order chi connectivity index (χ0) is 20.7. The van der Waals surface area contributed by atoms with Crippen LogP contribution in [0.25, 0.3) is 0 Å². The molecule has 0 radical (unpaired) electrons. The van der Waals surface area contributed by atoms with E-state index in [2.05, 4.69) is 50.6 Å². The quantitative estimate of drug-likeness (QED) is 0.825. The highest BCUT2D eigenvalue weighted by atomic mass is 32.1. The summed E-state index contributed by atoms with van der Waals surface area (Å²) in [6.07, 6.45) is -1.30. The minimum absolute atomic E-state index is 0.974. The van der Waals surface area contributed by atoms with Gasteiger partial charge in [0.05, 0.1) is 5.69 Å². The molecule has 1 N–H and O–H groups in total. The first-order chi connectivity index (χ1) is 13.2. The molecule has 10 heteroatoms. The van der Waals surface area contributed by atoms with E-state index in [0.717, 1.165) is 44.8 Å². The second-order valence-electron chi connectivity index (χ2n) is 6.35. The lowest BCUT2D eigenvalue weighted by Gasteiger charge is -2.20. The molecule has 0 fully saturated rings. The van der Waals surface area contributed by atoms with Gasteiger partial charge in [-0.1, -0.05) is 0 Å². The fourth-order valence-electron chi connectivity index (χ4n) is 2.83. The number of nitrogens with zero attached hydrogens (tertiary/aromatic N) is 4. The van der Waals surface area contributed by atoms with Crippen molar-refractivity contribution in [3.63, 3.8) is 0 Å². The first-order valence-electron chi connectivity index (χ1n) is 8.79. The second-order valence-corrected chi connectivity index (χ2v) is 7.13. The summed E-state index contributed by atoms with van der Waals surface area (Å²) in [5, 5.41) is 11.5. The molecule has 0 spiro atoms. The SMILES string of the molecule is CCN(C)c1ncnc2c1CCN(Cc1ccsc1)CC2.O=C(O)C(F)(F)F. The lowest BCUT2D eigenvalue weighted by molar-refractivity contribution is -0.192. The van der Waals surface area contributed by atoms with Crippen LogP contribution in [0, 0.1) is 0 Å². The van der Waals surface area contributed by atoms with Crippen LogP contribution in [0.15, 0.2) is 23.2 Å². The number of aliphatic carboxylic acids is 1. The molecular weight excluding hydrogens is 393 g/mol. The van der Waals surface area contributed by atoms with Crippen LogP contribution in [-0.4, -0.2) is 58.8 Å². The van der Waals surface area contributed by atoms with E-state index in [1.54, 1.807) is 17.7 Å². The number of rotatable bonds is 4. The third-order valence-electron chi connectivity index (χ3n) is 4.42. The van der Waals surface area contributed by atoms with E-state index in [1.165, 1.54) is 16.8 Å². The number of hydrogen-bond donors (Lipinski definition) is 1. The number of aromatic nitrogens is 2. The Labute approximate surface area is 165 Å². The summed E-state index contributed by atoms with van der Waals surface area (Å²) in [6.45, 7) is 6.34. The molecule has 3 rings (SSSR count). The van der Waals surface area contributed by atoms with Gasteiger partial charge >= 0.3 is 12.1 Å². The van der Waals surface area contributed by atoms with Crippen molar-refractivity contribution in [3.05, 3.63) is 40.0 Å². The number of fused-ring (bicyclic) bond motifs is 1. The van der Waals surface area contributed by atoms with Gasteiger partial charge in [-0.15, -0.1) is 0 Å². The van der Waals surface area contributed by atoms with Gasteiger partial charge in [-0.05, 0) is 35.7 Å². The normalized spacial score (nSPS) is 14.5. The molecule has 0 aromatic carbocycles. The molecule has 1 aliphatic rings. The molecule has 0 saturated heterocycles. The van der Waals surface area contributed by atoms with Gasteiger partial charge in [0.2, 0.25) is 0 Å². The molecular formula is C18H23F3N4O2S. The maximum absolute atomic E-state index is 10.6. The monoisotopic (exact) mass is 416 g/mol.